The molecule has 0 saturated heterocycles. The third kappa shape index (κ3) is 3.75. The zero-order valence-corrected chi connectivity index (χ0v) is 14.0. The summed E-state index contributed by atoms with van der Waals surface area (Å²) in [5, 5.41) is 23.4. The van der Waals surface area contributed by atoms with Gasteiger partial charge in [-0.1, -0.05) is 59.4 Å². The fraction of sp³-hybridized carbons (Fsp3) is 0.222. The van der Waals surface area contributed by atoms with Gasteiger partial charge in [-0.25, -0.2) is 0 Å². The lowest BCUT2D eigenvalue weighted by Gasteiger charge is -2.10. The molecule has 5 heteroatoms. The van der Waals surface area contributed by atoms with Crippen molar-refractivity contribution < 1.29 is 5.11 Å². The molecule has 3 aromatic rings. The number of aliphatic hydroxyl groups is 1. The van der Waals surface area contributed by atoms with Crippen molar-refractivity contribution in [1.82, 2.24) is 10.2 Å². The minimum Gasteiger partial charge on any atom is -0.387 e. The summed E-state index contributed by atoms with van der Waals surface area (Å²) in [6.45, 7) is 4.55. The first kappa shape index (κ1) is 15.6. The van der Waals surface area contributed by atoms with E-state index < -0.39 is 6.10 Å². The third-order valence-corrected chi connectivity index (χ3v) is 4.59. The number of aliphatic hydroxyl groups excluding tert-OH is 1. The average molecular weight is 325 g/mol. The summed E-state index contributed by atoms with van der Waals surface area (Å²) in [5.41, 5.74) is 4.39. The lowest BCUT2D eigenvalue weighted by molar-refractivity contribution is 0.191. The van der Waals surface area contributed by atoms with Crippen LogP contribution >= 0.6 is 11.3 Å². The lowest BCUT2D eigenvalue weighted by atomic mass is 10.1. The molecule has 4 nitrogen and oxygen atoms in total. The van der Waals surface area contributed by atoms with E-state index in [0.717, 1.165) is 21.3 Å². The largest absolute Gasteiger partial charge is 0.387 e. The van der Waals surface area contributed by atoms with Gasteiger partial charge in [0.2, 0.25) is 5.13 Å². The molecule has 118 valence electrons. The van der Waals surface area contributed by atoms with Crippen LogP contribution < -0.4 is 5.32 Å². The fourth-order valence-electron chi connectivity index (χ4n) is 2.35. The maximum Gasteiger partial charge on any atom is 0.206 e. The summed E-state index contributed by atoms with van der Waals surface area (Å²) in [6.07, 6.45) is -0.566. The standard InChI is InChI=1S/C18H19N3OS/c1-12-8-9-13(2)15(10-12)17-20-21-18(23-17)19-11-16(22)14-6-4-3-5-7-14/h3-10,16,22H,11H2,1-2H3,(H,19,21)/t16-/m1/s1. The zero-order chi connectivity index (χ0) is 16.2. The molecule has 2 N–H and O–H groups in total. The number of aryl methyl sites for hydroxylation is 2. The summed E-state index contributed by atoms with van der Waals surface area (Å²) in [7, 11) is 0. The molecule has 0 unspecified atom stereocenters. The number of nitrogens with one attached hydrogen (secondary N) is 1. The fourth-order valence-corrected chi connectivity index (χ4v) is 3.18. The highest BCUT2D eigenvalue weighted by Gasteiger charge is 2.11. The molecule has 1 heterocycles. The first-order valence-electron chi connectivity index (χ1n) is 7.51. The number of rotatable bonds is 5. The number of hydrogen-bond donors (Lipinski definition) is 2. The topological polar surface area (TPSA) is 58.0 Å². The predicted molar refractivity (Wildman–Crippen MR) is 94.7 cm³/mol. The van der Waals surface area contributed by atoms with Gasteiger partial charge in [-0.05, 0) is 31.0 Å². The molecule has 0 radical (unpaired) electrons. The Balaban J connectivity index is 1.69. The summed E-state index contributed by atoms with van der Waals surface area (Å²) in [5.74, 6) is 0. The third-order valence-electron chi connectivity index (χ3n) is 3.68. The van der Waals surface area contributed by atoms with Crippen LogP contribution in [0.4, 0.5) is 5.13 Å². The molecule has 1 aromatic heterocycles. The first-order chi connectivity index (χ1) is 11.1. The van der Waals surface area contributed by atoms with Crippen molar-refractivity contribution in [2.45, 2.75) is 20.0 Å². The van der Waals surface area contributed by atoms with Gasteiger partial charge in [-0.2, -0.15) is 0 Å². The number of aromatic nitrogens is 2. The number of nitrogens with zero attached hydrogens (tertiary/aromatic N) is 2. The second kappa shape index (κ2) is 6.89. The maximum absolute atomic E-state index is 10.2. The molecule has 0 spiro atoms. The lowest BCUT2D eigenvalue weighted by Crippen LogP contribution is -2.11. The van der Waals surface area contributed by atoms with E-state index in [2.05, 4.69) is 47.6 Å². The van der Waals surface area contributed by atoms with E-state index in [4.69, 9.17) is 0 Å². The predicted octanol–water partition coefficient (Wildman–Crippen LogP) is 3.97. The molecule has 0 bridgehead atoms. The Hall–Kier alpha value is -2.24. The van der Waals surface area contributed by atoms with E-state index in [1.807, 2.05) is 30.3 Å². The second-order valence-electron chi connectivity index (χ2n) is 5.54. The number of hydrogen-bond acceptors (Lipinski definition) is 5. The molecule has 3 rings (SSSR count). The van der Waals surface area contributed by atoms with Gasteiger partial charge < -0.3 is 10.4 Å². The van der Waals surface area contributed by atoms with Crippen LogP contribution in [0.3, 0.4) is 0 Å². The summed E-state index contributed by atoms with van der Waals surface area (Å²) in [4.78, 5) is 0. The summed E-state index contributed by atoms with van der Waals surface area (Å²) >= 11 is 1.50. The summed E-state index contributed by atoms with van der Waals surface area (Å²) < 4.78 is 0. The molecule has 2 aromatic carbocycles. The van der Waals surface area contributed by atoms with E-state index in [9.17, 15) is 5.11 Å². The Kier molecular flexibility index (Phi) is 4.69. The van der Waals surface area contributed by atoms with Crippen molar-refractivity contribution in [3.63, 3.8) is 0 Å². The van der Waals surface area contributed by atoms with Crippen molar-refractivity contribution >= 4 is 16.5 Å². The second-order valence-corrected chi connectivity index (χ2v) is 6.52. The normalized spacial score (nSPS) is 12.1. The minimum absolute atomic E-state index is 0.408. The van der Waals surface area contributed by atoms with Gasteiger partial charge in [-0.15, -0.1) is 10.2 Å². The summed E-state index contributed by atoms with van der Waals surface area (Å²) in [6, 6.07) is 15.9. The average Bonchev–Trinajstić information content (AvgIpc) is 3.04. The molecular formula is C18H19N3OS. The van der Waals surface area contributed by atoms with Crippen LogP contribution in [0.5, 0.6) is 0 Å². The smallest absolute Gasteiger partial charge is 0.206 e. The van der Waals surface area contributed by atoms with Crippen molar-refractivity contribution in [3.05, 3.63) is 65.2 Å². The van der Waals surface area contributed by atoms with Crippen LogP contribution in [0, 0.1) is 13.8 Å². The molecule has 0 aliphatic rings. The Morgan fingerprint density at radius 3 is 2.65 bits per heavy atom. The Morgan fingerprint density at radius 2 is 1.87 bits per heavy atom. The molecule has 0 aliphatic heterocycles. The van der Waals surface area contributed by atoms with Crippen molar-refractivity contribution in [2.75, 3.05) is 11.9 Å². The SMILES string of the molecule is Cc1ccc(C)c(-c2nnc(NC[C@@H](O)c3ccccc3)s2)c1. The molecule has 0 aliphatic carbocycles. The molecule has 23 heavy (non-hydrogen) atoms. The van der Waals surface area contributed by atoms with E-state index in [0.29, 0.717) is 6.54 Å². The van der Waals surface area contributed by atoms with Gasteiger partial charge in [-0.3, -0.25) is 0 Å². The molecule has 0 fully saturated rings. The molecule has 0 amide bonds. The minimum atomic E-state index is -0.566. The number of benzene rings is 2. The highest BCUT2D eigenvalue weighted by molar-refractivity contribution is 7.18. The van der Waals surface area contributed by atoms with Crippen molar-refractivity contribution in [3.8, 4) is 10.6 Å². The van der Waals surface area contributed by atoms with E-state index in [-0.39, 0.29) is 0 Å². The van der Waals surface area contributed by atoms with Gasteiger partial charge in [0.1, 0.15) is 5.01 Å². The zero-order valence-electron chi connectivity index (χ0n) is 13.2. The van der Waals surface area contributed by atoms with E-state index >= 15 is 0 Å². The molecule has 0 saturated carbocycles. The Labute approximate surface area is 139 Å². The van der Waals surface area contributed by atoms with Crippen LogP contribution in [0.1, 0.15) is 22.8 Å². The van der Waals surface area contributed by atoms with E-state index in [1.54, 1.807) is 0 Å². The Bertz CT molecular complexity index is 786. The van der Waals surface area contributed by atoms with Crippen LogP contribution in [0.15, 0.2) is 48.5 Å². The maximum atomic E-state index is 10.2. The number of anilines is 1. The van der Waals surface area contributed by atoms with E-state index in [1.165, 1.54) is 22.5 Å². The van der Waals surface area contributed by atoms with Gasteiger partial charge in [0.25, 0.3) is 0 Å². The highest BCUT2D eigenvalue weighted by Crippen LogP contribution is 2.29. The van der Waals surface area contributed by atoms with Gasteiger partial charge >= 0.3 is 0 Å². The van der Waals surface area contributed by atoms with Gasteiger partial charge in [0.15, 0.2) is 0 Å². The molecular weight excluding hydrogens is 306 g/mol. The molecule has 1 atom stereocenters. The van der Waals surface area contributed by atoms with Crippen molar-refractivity contribution in [1.29, 1.82) is 0 Å². The van der Waals surface area contributed by atoms with Gasteiger partial charge in [0, 0.05) is 12.1 Å². The van der Waals surface area contributed by atoms with Crippen LogP contribution in [-0.4, -0.2) is 21.8 Å². The Morgan fingerprint density at radius 1 is 1.09 bits per heavy atom. The van der Waals surface area contributed by atoms with Crippen LogP contribution in [0.25, 0.3) is 10.6 Å². The van der Waals surface area contributed by atoms with Crippen LogP contribution in [0.2, 0.25) is 0 Å². The first-order valence-corrected chi connectivity index (χ1v) is 8.33. The quantitative estimate of drug-likeness (QED) is 0.745. The monoisotopic (exact) mass is 325 g/mol. The van der Waals surface area contributed by atoms with Crippen LogP contribution in [-0.2, 0) is 0 Å². The highest BCUT2D eigenvalue weighted by atomic mass is 32.1. The van der Waals surface area contributed by atoms with Crippen molar-refractivity contribution in [2.24, 2.45) is 0 Å². The van der Waals surface area contributed by atoms with Gasteiger partial charge in [0.05, 0.1) is 6.10 Å².